The summed E-state index contributed by atoms with van der Waals surface area (Å²) in [6.07, 6.45) is 1.69. The van der Waals surface area contributed by atoms with Crippen LogP contribution in [0, 0.1) is 6.92 Å². The summed E-state index contributed by atoms with van der Waals surface area (Å²) >= 11 is 0. The van der Waals surface area contributed by atoms with Gasteiger partial charge in [0.2, 0.25) is 0 Å². The molecule has 3 heteroatoms. The summed E-state index contributed by atoms with van der Waals surface area (Å²) in [6.45, 7) is 2.06. The second-order valence-corrected chi connectivity index (χ2v) is 5.21. The van der Waals surface area contributed by atoms with Gasteiger partial charge in [-0.05, 0) is 42.3 Å². The highest BCUT2D eigenvalue weighted by Gasteiger charge is 2.18. The molecule has 3 aromatic rings. The molecule has 1 unspecified atom stereocenters. The van der Waals surface area contributed by atoms with Gasteiger partial charge in [-0.15, -0.1) is 0 Å². The van der Waals surface area contributed by atoms with Gasteiger partial charge in [0.15, 0.2) is 0 Å². The Hall–Kier alpha value is -2.68. The summed E-state index contributed by atoms with van der Waals surface area (Å²) in [5.74, 6) is 1.69. The second-order valence-electron chi connectivity index (χ2n) is 5.21. The number of methoxy groups -OCH3 is 1. The minimum absolute atomic E-state index is 0.0631. The van der Waals surface area contributed by atoms with E-state index in [2.05, 4.69) is 30.4 Å². The Morgan fingerprint density at radius 3 is 2.50 bits per heavy atom. The van der Waals surface area contributed by atoms with Gasteiger partial charge >= 0.3 is 0 Å². The minimum Gasteiger partial charge on any atom is -0.495 e. The van der Waals surface area contributed by atoms with Crippen LogP contribution in [0.5, 0.6) is 5.75 Å². The zero-order chi connectivity index (χ0) is 15.4. The molecule has 0 saturated heterocycles. The number of benzene rings is 2. The van der Waals surface area contributed by atoms with Crippen LogP contribution in [-0.2, 0) is 0 Å². The van der Waals surface area contributed by atoms with E-state index in [1.54, 1.807) is 13.4 Å². The largest absolute Gasteiger partial charge is 0.495 e. The van der Waals surface area contributed by atoms with Crippen molar-refractivity contribution in [3.8, 4) is 5.75 Å². The fourth-order valence-corrected chi connectivity index (χ4v) is 2.51. The van der Waals surface area contributed by atoms with Crippen molar-refractivity contribution in [1.29, 1.82) is 0 Å². The van der Waals surface area contributed by atoms with Crippen molar-refractivity contribution in [1.82, 2.24) is 0 Å². The van der Waals surface area contributed by atoms with Crippen molar-refractivity contribution in [2.45, 2.75) is 13.0 Å². The van der Waals surface area contributed by atoms with Crippen molar-refractivity contribution in [2.24, 2.45) is 0 Å². The van der Waals surface area contributed by atoms with E-state index in [0.29, 0.717) is 0 Å². The second kappa shape index (κ2) is 6.39. The first-order chi connectivity index (χ1) is 10.8. The van der Waals surface area contributed by atoms with Crippen molar-refractivity contribution in [2.75, 3.05) is 12.4 Å². The maximum Gasteiger partial charge on any atom is 0.141 e. The number of furan rings is 1. The van der Waals surface area contributed by atoms with E-state index in [1.165, 1.54) is 5.56 Å². The predicted octanol–water partition coefficient (Wildman–Crippen LogP) is 4.80. The van der Waals surface area contributed by atoms with Crippen molar-refractivity contribution in [3.05, 3.63) is 83.8 Å². The van der Waals surface area contributed by atoms with E-state index in [9.17, 15) is 0 Å². The van der Waals surface area contributed by atoms with E-state index < -0.39 is 0 Å². The van der Waals surface area contributed by atoms with E-state index in [0.717, 1.165) is 22.8 Å². The van der Waals surface area contributed by atoms with E-state index in [-0.39, 0.29) is 6.04 Å². The maximum atomic E-state index is 5.62. The van der Waals surface area contributed by atoms with E-state index >= 15 is 0 Å². The SMILES string of the molecule is COc1ccc(C)cc1NC(c1ccccc1)c1ccco1. The van der Waals surface area contributed by atoms with Gasteiger partial charge in [-0.3, -0.25) is 0 Å². The molecule has 0 radical (unpaired) electrons. The molecule has 1 heterocycles. The van der Waals surface area contributed by atoms with Crippen molar-refractivity contribution >= 4 is 5.69 Å². The molecule has 2 aromatic carbocycles. The molecule has 112 valence electrons. The number of rotatable bonds is 5. The van der Waals surface area contributed by atoms with E-state index in [4.69, 9.17) is 9.15 Å². The standard InChI is InChI=1S/C19H19NO2/c1-14-10-11-17(21-2)16(13-14)20-19(18-9-6-12-22-18)15-7-4-3-5-8-15/h3-13,19-20H,1-2H3. The predicted molar refractivity (Wildman–Crippen MR) is 88.3 cm³/mol. The molecule has 0 fully saturated rings. The Balaban J connectivity index is 2.00. The molecule has 0 aliphatic rings. The van der Waals surface area contributed by atoms with Gasteiger partial charge in [-0.25, -0.2) is 0 Å². The fourth-order valence-electron chi connectivity index (χ4n) is 2.51. The summed E-state index contributed by atoms with van der Waals surface area (Å²) in [5.41, 5.74) is 3.27. The Bertz CT molecular complexity index is 720. The molecule has 3 nitrogen and oxygen atoms in total. The molecule has 3 rings (SSSR count). The smallest absolute Gasteiger partial charge is 0.141 e. The first kappa shape index (κ1) is 14.3. The van der Waals surface area contributed by atoms with Crippen LogP contribution in [0.15, 0.2) is 71.3 Å². The first-order valence-corrected chi connectivity index (χ1v) is 7.27. The van der Waals surface area contributed by atoms with E-state index in [1.807, 2.05) is 42.5 Å². The van der Waals surface area contributed by atoms with Crippen LogP contribution in [-0.4, -0.2) is 7.11 Å². The van der Waals surface area contributed by atoms with Gasteiger partial charge in [0.1, 0.15) is 17.6 Å². The summed E-state index contributed by atoms with van der Waals surface area (Å²) in [5, 5.41) is 3.54. The van der Waals surface area contributed by atoms with Crippen LogP contribution in [0.25, 0.3) is 0 Å². The molecular weight excluding hydrogens is 274 g/mol. The van der Waals surface area contributed by atoms with Gasteiger partial charge in [-0.2, -0.15) is 0 Å². The van der Waals surface area contributed by atoms with Gasteiger partial charge in [0.25, 0.3) is 0 Å². The lowest BCUT2D eigenvalue weighted by Crippen LogP contribution is -2.12. The number of nitrogens with one attached hydrogen (secondary N) is 1. The quantitative estimate of drug-likeness (QED) is 0.734. The Labute approximate surface area is 130 Å². The third-order valence-corrected chi connectivity index (χ3v) is 3.62. The van der Waals surface area contributed by atoms with Crippen LogP contribution < -0.4 is 10.1 Å². The molecule has 0 aliphatic carbocycles. The first-order valence-electron chi connectivity index (χ1n) is 7.27. The Kier molecular flexibility index (Phi) is 4.15. The van der Waals surface area contributed by atoms with Gasteiger partial charge in [0, 0.05) is 0 Å². The average Bonchev–Trinajstić information content (AvgIpc) is 3.08. The molecule has 1 atom stereocenters. The van der Waals surface area contributed by atoms with Gasteiger partial charge < -0.3 is 14.5 Å². The molecule has 0 spiro atoms. The number of aryl methyl sites for hydroxylation is 1. The van der Waals surface area contributed by atoms with Gasteiger partial charge in [-0.1, -0.05) is 36.4 Å². The topological polar surface area (TPSA) is 34.4 Å². The third kappa shape index (κ3) is 2.98. The van der Waals surface area contributed by atoms with Crippen molar-refractivity contribution in [3.63, 3.8) is 0 Å². The number of hydrogen-bond donors (Lipinski definition) is 1. The average molecular weight is 293 g/mol. The van der Waals surface area contributed by atoms with Gasteiger partial charge in [0.05, 0.1) is 19.1 Å². The minimum atomic E-state index is -0.0631. The number of anilines is 1. The van der Waals surface area contributed by atoms with Crippen LogP contribution in [0.4, 0.5) is 5.69 Å². The summed E-state index contributed by atoms with van der Waals surface area (Å²) in [7, 11) is 1.68. The third-order valence-electron chi connectivity index (χ3n) is 3.62. The maximum absolute atomic E-state index is 5.62. The molecule has 0 bridgehead atoms. The Morgan fingerprint density at radius 1 is 1.00 bits per heavy atom. The lowest BCUT2D eigenvalue weighted by Gasteiger charge is -2.20. The Morgan fingerprint density at radius 2 is 1.82 bits per heavy atom. The lowest BCUT2D eigenvalue weighted by molar-refractivity contribution is 0.415. The number of ether oxygens (including phenoxy) is 1. The van der Waals surface area contributed by atoms with Crippen LogP contribution in [0.3, 0.4) is 0 Å². The fraction of sp³-hybridized carbons (Fsp3) is 0.158. The molecule has 22 heavy (non-hydrogen) atoms. The summed E-state index contributed by atoms with van der Waals surface area (Å²) < 4.78 is 11.1. The van der Waals surface area contributed by atoms with Crippen molar-refractivity contribution < 1.29 is 9.15 Å². The number of hydrogen-bond acceptors (Lipinski definition) is 3. The normalized spacial score (nSPS) is 11.9. The summed E-state index contributed by atoms with van der Waals surface area (Å²) in [4.78, 5) is 0. The molecule has 0 amide bonds. The molecule has 0 aliphatic heterocycles. The van der Waals surface area contributed by atoms with Crippen LogP contribution in [0.2, 0.25) is 0 Å². The molecule has 1 N–H and O–H groups in total. The summed E-state index contributed by atoms with van der Waals surface area (Å²) in [6, 6.07) is 20.1. The highest BCUT2D eigenvalue weighted by atomic mass is 16.5. The van der Waals surface area contributed by atoms with Crippen LogP contribution in [0.1, 0.15) is 22.9 Å². The lowest BCUT2D eigenvalue weighted by atomic mass is 10.0. The zero-order valence-corrected chi connectivity index (χ0v) is 12.7. The molecule has 0 saturated carbocycles. The zero-order valence-electron chi connectivity index (χ0n) is 12.7. The van der Waals surface area contributed by atoms with Crippen LogP contribution >= 0.6 is 0 Å². The molecule has 1 aromatic heterocycles. The monoisotopic (exact) mass is 293 g/mol. The molecular formula is C19H19NO2. The highest BCUT2D eigenvalue weighted by molar-refractivity contribution is 5.60. The highest BCUT2D eigenvalue weighted by Crippen LogP contribution is 2.32.